The van der Waals surface area contributed by atoms with Crippen molar-refractivity contribution in [3.8, 4) is 11.5 Å². The van der Waals surface area contributed by atoms with E-state index in [0.717, 1.165) is 37.6 Å². The first kappa shape index (κ1) is 40.0. The quantitative estimate of drug-likeness (QED) is 0.136. The molecule has 0 bridgehead atoms. The number of unbranched alkanes of at least 4 members (excludes halogenated alkanes) is 2. The molecule has 0 saturated heterocycles. The lowest BCUT2D eigenvalue weighted by Crippen LogP contribution is -2.53. The first-order valence-corrected chi connectivity index (χ1v) is 21.7. The lowest BCUT2D eigenvalue weighted by molar-refractivity contribution is -0.130. The maximum atomic E-state index is 14.3. The van der Waals surface area contributed by atoms with Crippen molar-refractivity contribution in [3.05, 3.63) is 72.3 Å². The van der Waals surface area contributed by atoms with Crippen molar-refractivity contribution in [3.63, 3.8) is 0 Å². The van der Waals surface area contributed by atoms with Gasteiger partial charge >= 0.3 is 0 Å². The Labute approximate surface area is 305 Å². The zero-order valence-corrected chi connectivity index (χ0v) is 31.9. The number of carbonyl (C=O) groups excluding carboxylic acids is 2. The van der Waals surface area contributed by atoms with Crippen LogP contribution in [0.15, 0.2) is 76.5 Å². The van der Waals surface area contributed by atoms with Gasteiger partial charge in [-0.1, -0.05) is 69.9 Å². The molecule has 0 aromatic heterocycles. The number of nitrogens with one attached hydrogen (secondary N) is 3. The predicted octanol–water partition coefficient (Wildman–Crippen LogP) is 5.06. The molecule has 1 atom stereocenters. The Morgan fingerprint density at radius 2 is 1.69 bits per heavy atom. The second-order valence-electron chi connectivity index (χ2n) is 12.8. The van der Waals surface area contributed by atoms with E-state index in [9.17, 15) is 31.5 Å². The van der Waals surface area contributed by atoms with Gasteiger partial charge < -0.3 is 25.4 Å². The number of phenols is 1. The van der Waals surface area contributed by atoms with Crippen molar-refractivity contribution in [2.75, 3.05) is 42.9 Å². The van der Waals surface area contributed by atoms with Gasteiger partial charge in [0.05, 0.1) is 21.9 Å². The number of thioether (sulfide) groups is 1. The number of benzene rings is 3. The van der Waals surface area contributed by atoms with Gasteiger partial charge in [0.2, 0.25) is 15.9 Å². The number of anilines is 2. The molecule has 1 aliphatic heterocycles. The average Bonchev–Trinajstić information content (AvgIpc) is 3.19. The molecule has 4 rings (SSSR count). The summed E-state index contributed by atoms with van der Waals surface area (Å²) in [6.07, 6.45) is 7.76. The number of rotatable bonds is 17. The smallest absolute Gasteiger partial charge is 0.258 e. The van der Waals surface area contributed by atoms with Gasteiger partial charge in [-0.15, -0.1) is 11.8 Å². The number of hydrogen-bond donors (Lipinski definition) is 4. The highest BCUT2D eigenvalue weighted by Gasteiger charge is 2.42. The number of sulfone groups is 1. The van der Waals surface area contributed by atoms with Crippen LogP contribution in [-0.2, 0) is 29.4 Å². The second kappa shape index (κ2) is 17.6. The van der Waals surface area contributed by atoms with Crippen LogP contribution in [0.4, 0.5) is 11.4 Å². The number of phenolic OH excluding ortho intramolecular Hbond substituents is 1. The zero-order chi connectivity index (χ0) is 37.2. The molecule has 1 aliphatic rings. The van der Waals surface area contributed by atoms with E-state index in [2.05, 4.69) is 34.1 Å². The lowest BCUT2D eigenvalue weighted by atomic mass is 9.87. The van der Waals surface area contributed by atoms with Gasteiger partial charge in [-0.05, 0) is 55.0 Å². The van der Waals surface area contributed by atoms with Gasteiger partial charge in [-0.3, -0.25) is 9.59 Å². The maximum Gasteiger partial charge on any atom is 0.258 e. The van der Waals surface area contributed by atoms with Crippen LogP contribution in [0.3, 0.4) is 0 Å². The fourth-order valence-electron chi connectivity index (χ4n) is 6.02. The average molecular weight is 761 g/mol. The summed E-state index contributed by atoms with van der Waals surface area (Å²) < 4.78 is 60.8. The van der Waals surface area contributed by atoms with Crippen LogP contribution >= 0.6 is 11.8 Å². The highest BCUT2D eigenvalue weighted by molar-refractivity contribution is 7.98. The second-order valence-corrected chi connectivity index (χ2v) is 17.5. The zero-order valence-electron chi connectivity index (χ0n) is 29.5. The van der Waals surface area contributed by atoms with Gasteiger partial charge in [0, 0.05) is 31.1 Å². The fraction of sp³-hybridized carbons (Fsp3) is 0.444. The van der Waals surface area contributed by atoms with E-state index >= 15 is 0 Å². The molecule has 1 unspecified atom stereocenters. The Bertz CT molecular complexity index is 1860. The molecule has 0 radical (unpaired) electrons. The van der Waals surface area contributed by atoms with Crippen molar-refractivity contribution in [1.29, 1.82) is 0 Å². The highest BCUT2D eigenvalue weighted by atomic mass is 32.2. The molecular weight excluding hydrogens is 713 g/mol. The van der Waals surface area contributed by atoms with Crippen molar-refractivity contribution in [2.45, 2.75) is 73.7 Å². The molecule has 0 spiro atoms. The molecule has 3 aromatic rings. The van der Waals surface area contributed by atoms with Crippen LogP contribution in [0.5, 0.6) is 11.5 Å². The summed E-state index contributed by atoms with van der Waals surface area (Å²) in [5.74, 6) is -1.48. The Morgan fingerprint density at radius 1 is 1.04 bits per heavy atom. The third-order valence-corrected chi connectivity index (χ3v) is 12.0. The first-order chi connectivity index (χ1) is 24.2. The molecule has 1 heterocycles. The summed E-state index contributed by atoms with van der Waals surface area (Å²) in [4.78, 5) is 29.1. The van der Waals surface area contributed by atoms with Crippen molar-refractivity contribution in [2.24, 2.45) is 0 Å². The summed E-state index contributed by atoms with van der Waals surface area (Å²) in [5, 5.41) is 14.9. The minimum Gasteiger partial charge on any atom is -0.508 e. The number of carbonyl (C=O) groups is 2. The molecule has 15 heteroatoms. The standard InChI is InChI=1S/C36H48N4O8S3/c1-5-7-18-36(19-8-6-2)25-40(27-12-10-9-11-13-27)29-22-31(49-3)30(23-32(29)51(46,47)39-36)48-24-33(42)38-34(26-14-16-28(41)17-15-26)35(43)37-20-21-50(4,44)45/h9-17,22-23,34,39,41H,5-8,18-21,24-25H2,1-4H3,(H,37,43)(H,38,42). The number of ether oxygens (including phenoxy) is 1. The largest absolute Gasteiger partial charge is 0.508 e. The molecule has 0 aliphatic carbocycles. The monoisotopic (exact) mass is 760 g/mol. The van der Waals surface area contributed by atoms with Crippen molar-refractivity contribution >= 4 is 54.8 Å². The summed E-state index contributed by atoms with van der Waals surface area (Å²) in [7, 11) is -7.40. The first-order valence-electron chi connectivity index (χ1n) is 17.0. The van der Waals surface area contributed by atoms with E-state index in [1.807, 2.05) is 36.6 Å². The van der Waals surface area contributed by atoms with Gasteiger partial charge in [0.1, 0.15) is 32.3 Å². The van der Waals surface area contributed by atoms with Crippen LogP contribution in [0.25, 0.3) is 0 Å². The topological polar surface area (TPSA) is 171 Å². The minimum atomic E-state index is -4.06. The van der Waals surface area contributed by atoms with Crippen LogP contribution in [0.1, 0.15) is 64.0 Å². The van der Waals surface area contributed by atoms with E-state index in [4.69, 9.17) is 4.74 Å². The van der Waals surface area contributed by atoms with Gasteiger partial charge in [0.15, 0.2) is 6.61 Å². The predicted molar refractivity (Wildman–Crippen MR) is 201 cm³/mol. The lowest BCUT2D eigenvalue weighted by Gasteiger charge is -2.37. The van der Waals surface area contributed by atoms with Crippen molar-refractivity contribution < 1.29 is 36.3 Å². The van der Waals surface area contributed by atoms with Crippen LogP contribution in [-0.4, -0.2) is 77.3 Å². The highest BCUT2D eigenvalue weighted by Crippen LogP contribution is 2.44. The number of aromatic hydroxyl groups is 1. The van der Waals surface area contributed by atoms with Gasteiger partial charge in [0.25, 0.3) is 5.91 Å². The number of para-hydroxylation sites is 1. The number of sulfonamides is 1. The fourth-order valence-corrected chi connectivity index (χ4v) is 8.69. The molecule has 278 valence electrons. The van der Waals surface area contributed by atoms with Crippen LogP contribution in [0.2, 0.25) is 0 Å². The Balaban J connectivity index is 1.66. The summed E-state index contributed by atoms with van der Waals surface area (Å²) in [5.41, 5.74) is 0.986. The number of amides is 2. The van der Waals surface area contributed by atoms with E-state index in [1.165, 1.54) is 42.1 Å². The molecule has 3 aromatic carbocycles. The normalized spacial score (nSPS) is 15.6. The van der Waals surface area contributed by atoms with Gasteiger partial charge in [-0.2, -0.15) is 0 Å². The van der Waals surface area contributed by atoms with E-state index in [0.29, 0.717) is 35.5 Å². The summed E-state index contributed by atoms with van der Waals surface area (Å²) in [6.45, 7) is 3.90. The SMILES string of the molecule is CCCCC1(CCCC)CN(c2ccccc2)c2cc(SC)c(OCC(=O)NC(C(=O)NCCS(C)(=O)=O)c3ccc(O)cc3)cc2S(=O)(=O)N1. The summed E-state index contributed by atoms with van der Waals surface area (Å²) >= 11 is 1.34. The van der Waals surface area contributed by atoms with E-state index in [1.54, 1.807) is 6.07 Å². The molecule has 51 heavy (non-hydrogen) atoms. The summed E-state index contributed by atoms with van der Waals surface area (Å²) in [6, 6.07) is 17.3. The van der Waals surface area contributed by atoms with E-state index in [-0.39, 0.29) is 28.7 Å². The molecule has 4 N–H and O–H groups in total. The molecule has 12 nitrogen and oxygen atoms in total. The Hall–Kier alpha value is -3.79. The van der Waals surface area contributed by atoms with Crippen LogP contribution in [0, 0.1) is 0 Å². The Kier molecular flexibility index (Phi) is 13.8. The molecule has 2 amide bonds. The Morgan fingerprint density at radius 3 is 2.27 bits per heavy atom. The van der Waals surface area contributed by atoms with Crippen LogP contribution < -0.4 is 25.0 Å². The molecule has 0 saturated carbocycles. The number of fused-ring (bicyclic) bond motifs is 1. The van der Waals surface area contributed by atoms with E-state index < -0.39 is 49.9 Å². The maximum absolute atomic E-state index is 14.3. The number of hydrogen-bond acceptors (Lipinski definition) is 10. The van der Waals surface area contributed by atoms with Crippen molar-refractivity contribution in [1.82, 2.24) is 15.4 Å². The minimum absolute atomic E-state index is 0.0293. The third-order valence-electron chi connectivity index (χ3n) is 8.65. The van der Waals surface area contributed by atoms with Gasteiger partial charge in [-0.25, -0.2) is 21.6 Å². The third kappa shape index (κ3) is 10.9. The number of nitrogens with zero attached hydrogens (tertiary/aromatic N) is 1. The molecular formula is C36H48N4O8S3. The molecule has 0 fully saturated rings.